The second-order valence-electron chi connectivity index (χ2n) is 37.5. The summed E-state index contributed by atoms with van der Waals surface area (Å²) in [6.45, 7) is 19.5. The molecule has 0 unspecified atom stereocenters. The van der Waals surface area contributed by atoms with Gasteiger partial charge in [0.05, 0.1) is 55.6 Å². The number of imide groups is 4. The normalized spacial score (nSPS) is 14.0. The molecule has 0 aliphatic carbocycles. The van der Waals surface area contributed by atoms with E-state index in [0.29, 0.717) is 178 Å². The Kier molecular flexibility index (Phi) is 24.0. The lowest BCUT2D eigenvalue weighted by Gasteiger charge is -2.37. The molecule has 0 N–H and O–H groups in total. The fourth-order valence-corrected chi connectivity index (χ4v) is 23.8. The van der Waals surface area contributed by atoms with Crippen LogP contribution in [0, 0.1) is 13.8 Å². The van der Waals surface area contributed by atoms with Crippen LogP contribution in [0.5, 0.6) is 0 Å². The van der Waals surface area contributed by atoms with E-state index >= 15 is 38.4 Å². The summed E-state index contributed by atoms with van der Waals surface area (Å²) in [4.78, 5) is 130. The van der Waals surface area contributed by atoms with Crippen molar-refractivity contribution in [1.29, 1.82) is 0 Å². The summed E-state index contributed by atoms with van der Waals surface area (Å²) in [5.74, 6) is -3.56. The van der Waals surface area contributed by atoms with Crippen LogP contribution in [-0.4, -0.2) is 91.0 Å². The number of nitrogens with zero attached hydrogens (tertiary/aromatic N) is 4. The predicted octanol–water partition coefficient (Wildman–Crippen LogP) is 33.7. The van der Waals surface area contributed by atoms with Crippen LogP contribution >= 0.6 is 63.7 Å². The highest BCUT2D eigenvalue weighted by molar-refractivity contribution is 9.11. The molecule has 0 fully saturated rings. The molecule has 0 aromatic heterocycles. The van der Waals surface area contributed by atoms with Crippen LogP contribution in [0.4, 0.5) is 26.3 Å². The van der Waals surface area contributed by atoms with Gasteiger partial charge in [-0.05, 0) is 340 Å². The highest BCUT2D eigenvalue weighted by atomic mass is 79.9. The van der Waals surface area contributed by atoms with E-state index in [0.717, 1.165) is 108 Å². The van der Waals surface area contributed by atoms with E-state index in [4.69, 9.17) is 0 Å². The van der Waals surface area contributed by atoms with Crippen molar-refractivity contribution in [1.82, 2.24) is 19.6 Å². The van der Waals surface area contributed by atoms with Crippen molar-refractivity contribution in [2.75, 3.05) is 0 Å². The number of hydrogen-bond acceptors (Lipinski definition) is 8. The third kappa shape index (κ3) is 14.9. The molecule has 0 spiro atoms. The predicted molar refractivity (Wildman–Crippen MR) is 569 cm³/mol. The molecule has 4 aliphatic rings. The summed E-state index contributed by atoms with van der Waals surface area (Å²) >= 11 is 14.6. The van der Waals surface area contributed by atoms with E-state index in [1.807, 2.05) is 227 Å². The third-order valence-electron chi connectivity index (χ3n) is 29.9. The maximum Gasteiger partial charge on any atom is 0.416 e. The van der Waals surface area contributed by atoms with Crippen LogP contribution < -0.4 is 0 Å². The molecule has 8 amide bonds. The summed E-state index contributed by atoms with van der Waals surface area (Å²) in [6.07, 6.45) is -5.23. The number of amides is 8. The first-order chi connectivity index (χ1) is 68.2. The zero-order chi connectivity index (χ0) is 99.9. The molecule has 0 radical (unpaired) electrons. The van der Waals surface area contributed by atoms with Crippen molar-refractivity contribution in [2.24, 2.45) is 0 Å². The summed E-state index contributed by atoms with van der Waals surface area (Å²) in [6, 6.07) is 70.2. The van der Waals surface area contributed by atoms with Crippen LogP contribution in [0.1, 0.15) is 212 Å². The zero-order valence-corrected chi connectivity index (χ0v) is 85.2. The summed E-state index contributed by atoms with van der Waals surface area (Å²) in [7, 11) is 0. The van der Waals surface area contributed by atoms with Crippen LogP contribution in [0.25, 0.3) is 175 Å². The van der Waals surface area contributed by atoms with Gasteiger partial charge in [0.2, 0.25) is 0 Å². The molecule has 4 aliphatic heterocycles. The Balaban J connectivity index is 0.000000169. The second kappa shape index (κ2) is 35.9. The first-order valence-electron chi connectivity index (χ1n) is 48.0. The Morgan fingerprint density at radius 3 is 0.479 bits per heavy atom. The molecule has 22 rings (SSSR count). The minimum Gasteiger partial charge on any atom is -0.271 e. The summed E-state index contributed by atoms with van der Waals surface area (Å²) in [5, 5.41) is 9.68. The lowest BCUT2D eigenvalue weighted by atomic mass is 9.75. The smallest absolute Gasteiger partial charge is 0.271 e. The van der Waals surface area contributed by atoms with Crippen LogP contribution in [0.3, 0.4) is 0 Å². The number of carbonyl (C=O) groups excluding carboxylic acids is 8. The van der Waals surface area contributed by atoms with Gasteiger partial charge in [-0.25, -0.2) is 0 Å². The first-order valence-corrected chi connectivity index (χ1v) is 51.1. The number of benzene rings is 18. The van der Waals surface area contributed by atoms with Gasteiger partial charge in [-0.3, -0.25) is 58.0 Å². The number of fused-ring (bicyclic) bond motifs is 4. The Morgan fingerprint density at radius 2 is 0.345 bits per heavy atom. The van der Waals surface area contributed by atoms with Gasteiger partial charge >= 0.3 is 12.4 Å². The van der Waals surface area contributed by atoms with E-state index < -0.39 is 59.2 Å². The molecule has 0 saturated heterocycles. The Morgan fingerprint density at radius 1 is 0.211 bits per heavy atom. The fourth-order valence-electron chi connectivity index (χ4n) is 22.8. The second-order valence-corrected chi connectivity index (χ2v) is 41.1. The number of hydrogen-bond donors (Lipinski definition) is 0. The Hall–Kier alpha value is -13.4. The molecule has 12 nitrogen and oxygen atoms in total. The quantitative estimate of drug-likeness (QED) is 0.0317. The largest absolute Gasteiger partial charge is 0.416 e. The number of halogens is 10. The highest BCUT2D eigenvalue weighted by Crippen LogP contribution is 2.59. The zero-order valence-electron chi connectivity index (χ0n) is 78.9. The lowest BCUT2D eigenvalue weighted by Crippen LogP contribution is -2.47. The first kappa shape index (κ1) is 94.8. The van der Waals surface area contributed by atoms with Gasteiger partial charge in [0.15, 0.2) is 0 Å². The van der Waals surface area contributed by atoms with Crippen LogP contribution in [0.2, 0.25) is 0 Å². The maximum atomic E-state index is 15.6. The molecule has 22 heteroatoms. The van der Waals surface area contributed by atoms with Gasteiger partial charge in [-0.1, -0.05) is 252 Å². The van der Waals surface area contributed by atoms with Crippen LogP contribution in [0.15, 0.2) is 261 Å². The highest BCUT2D eigenvalue weighted by Gasteiger charge is 2.49. The van der Waals surface area contributed by atoms with E-state index in [9.17, 15) is 26.3 Å². The number of aryl methyl sites for hydroxylation is 2. The van der Waals surface area contributed by atoms with Crippen molar-refractivity contribution >= 4 is 197 Å². The monoisotopic (exact) mass is 2140 g/mol. The van der Waals surface area contributed by atoms with Gasteiger partial charge in [0.1, 0.15) is 0 Å². The van der Waals surface area contributed by atoms with Gasteiger partial charge in [-0.15, -0.1) is 0 Å². The van der Waals surface area contributed by atoms with Gasteiger partial charge in [0.25, 0.3) is 47.3 Å². The molecule has 0 bridgehead atoms. The van der Waals surface area contributed by atoms with E-state index in [2.05, 4.69) is 88.0 Å². The molecular weight excluding hydrogens is 2060 g/mol. The van der Waals surface area contributed by atoms with E-state index in [1.54, 1.807) is 12.1 Å². The van der Waals surface area contributed by atoms with Crippen molar-refractivity contribution in [3.05, 3.63) is 327 Å². The molecule has 18 aromatic rings. The standard InChI is InChI=1S/C62H48F6N2O4.C58H42Br4N2O4/c1-7-39(8-2)69-57(71)51-41(33-15-11-31(5)12-16-33)27-45-47-29-43(35-19-23-37(24-20-35)61(63,64)65)53-56-50(47)48(46-28-42(34-17-13-32(6)14-18-34)52(58(69)72)55(51)49(45)46)30-44(36-21-25-38(26-22-36)62(66,67)68)54(56)60(74)70(59(53)73)40(9-3)10-4;1-5-37(6-2)63-55(65)49-39(29-9-17-33(59)18-10-29)25-43-45-27-41(31-13-21-35(61)22-14-31)51-54-48(45)46(44-26-40(30-11-19-34(60)20-12-30)50(56(63)66)53(49)47(43)44)28-42(32-15-23-36(62)24-16-32)52(54)58(68)64(57(51)67)38(7-3)8-4/h11-30,39-40H,7-10H2,1-6H3;9-28,37-38H,5-8H2,1-4H3. The SMILES string of the molecule is CCC(CC)N1C(=O)c2c(-c3ccc(Br)cc3)cc3c4cc(-c5ccc(Br)cc5)c5c6c(c(-c7ccc(Br)cc7)cc(c7cc(-c8ccc(Br)cc8)c(c2c37)C1=O)c64)C(=O)N(C(CC)CC)C5=O.CCC(CC)N1C(=O)c2c(-c3ccc(C)cc3)cc3c4cc(-c5ccc(C(F)(F)F)cc5)c5c6c(c(-c7ccc(C(F)(F)F)cc7)cc(c7cc(-c8ccc(C)cc8)c(c2c37)C1=O)c64)C(=O)N(C(CC)CC)C5=O. The number of carbonyl (C=O) groups is 8. The van der Waals surface area contributed by atoms with Crippen molar-refractivity contribution < 1.29 is 64.7 Å². The maximum absolute atomic E-state index is 15.6. The fraction of sp³-hybridized carbons (Fsp3) is 0.200. The molecular formula is C120H90Br4F6N4O8. The minimum absolute atomic E-state index is 0.0535. The topological polar surface area (TPSA) is 150 Å². The molecule has 142 heavy (non-hydrogen) atoms. The Bertz CT molecular complexity index is 7760. The average molecular weight is 2150 g/mol. The van der Waals surface area contributed by atoms with Crippen LogP contribution in [-0.2, 0) is 12.4 Å². The molecule has 18 aromatic carbocycles. The number of rotatable bonds is 20. The van der Waals surface area contributed by atoms with Crippen molar-refractivity contribution in [3.63, 3.8) is 0 Å². The molecule has 0 atom stereocenters. The lowest BCUT2D eigenvalue weighted by molar-refractivity contribution is -0.138. The van der Waals surface area contributed by atoms with Gasteiger partial charge < -0.3 is 0 Å². The minimum atomic E-state index is -4.68. The summed E-state index contributed by atoms with van der Waals surface area (Å²) < 4.78 is 88.8. The molecule has 4 heterocycles. The van der Waals surface area contributed by atoms with Gasteiger partial charge in [-0.2, -0.15) is 26.3 Å². The van der Waals surface area contributed by atoms with E-state index in [-0.39, 0.29) is 74.5 Å². The van der Waals surface area contributed by atoms with E-state index in [1.165, 1.54) is 43.9 Å². The third-order valence-corrected chi connectivity index (χ3v) is 32.0. The number of alkyl halides is 6. The molecule has 708 valence electrons. The summed E-state index contributed by atoms with van der Waals surface area (Å²) in [5.41, 5.74) is 12.1. The van der Waals surface area contributed by atoms with Gasteiger partial charge in [0, 0.05) is 63.6 Å². The molecule has 0 saturated carbocycles. The van der Waals surface area contributed by atoms with Crippen molar-refractivity contribution in [2.45, 2.75) is 157 Å². The Labute approximate surface area is 848 Å². The average Bonchev–Trinajstić information content (AvgIpc) is 0.672. The van der Waals surface area contributed by atoms with Crippen molar-refractivity contribution in [3.8, 4) is 89.0 Å².